The van der Waals surface area contributed by atoms with Gasteiger partial charge in [0.25, 0.3) is 0 Å². The first kappa shape index (κ1) is 23.6. The lowest BCUT2D eigenvalue weighted by molar-refractivity contribution is 0.151. The number of nitrogens with zero attached hydrogens (tertiary/aromatic N) is 2. The lowest BCUT2D eigenvalue weighted by Gasteiger charge is -2.34. The van der Waals surface area contributed by atoms with Crippen LogP contribution in [0.4, 0.5) is 0 Å². The lowest BCUT2D eigenvalue weighted by atomic mass is 9.88. The van der Waals surface area contributed by atoms with Gasteiger partial charge in [-0.05, 0) is 77.9 Å². The molecule has 2 aliphatic heterocycles. The standard InChI is InChI=1S/C26H36Cl2N2S/c1-2-3-4-5-20-8-11-29(12-9-20)16-23-17-30(18-25(23)22-10-13-31-19-22)15-21-6-7-24(27)14-26(21)28/h6-7,10,13-14,19-20,23,25H,2-5,8-9,11-12,15-18H2,1H3/t23-,25+/m0/s1. The zero-order chi connectivity index (χ0) is 21.6. The Bertz CT molecular complexity index is 802. The summed E-state index contributed by atoms with van der Waals surface area (Å²) >= 11 is 14.4. The number of unbranched alkanes of at least 4 members (excludes halogenated alkanes) is 2. The maximum Gasteiger partial charge on any atom is 0.0465 e. The van der Waals surface area contributed by atoms with Crippen molar-refractivity contribution in [2.75, 3.05) is 32.7 Å². The molecule has 2 atom stereocenters. The van der Waals surface area contributed by atoms with Crippen molar-refractivity contribution in [2.45, 2.75) is 57.9 Å². The highest BCUT2D eigenvalue weighted by molar-refractivity contribution is 7.08. The van der Waals surface area contributed by atoms with Crippen LogP contribution in [0.1, 0.15) is 62.5 Å². The molecule has 0 aliphatic carbocycles. The summed E-state index contributed by atoms with van der Waals surface area (Å²) < 4.78 is 0. The summed E-state index contributed by atoms with van der Waals surface area (Å²) in [6, 6.07) is 8.24. The second-order valence-corrected chi connectivity index (χ2v) is 11.2. The zero-order valence-corrected chi connectivity index (χ0v) is 21.1. The summed E-state index contributed by atoms with van der Waals surface area (Å²) in [5, 5.41) is 6.08. The van der Waals surface area contributed by atoms with Crippen molar-refractivity contribution in [1.29, 1.82) is 0 Å². The average Bonchev–Trinajstić information content (AvgIpc) is 3.42. The van der Waals surface area contributed by atoms with Crippen molar-refractivity contribution in [3.8, 4) is 0 Å². The molecule has 4 rings (SSSR count). The third-order valence-electron chi connectivity index (χ3n) is 7.31. The fourth-order valence-electron chi connectivity index (χ4n) is 5.50. The van der Waals surface area contributed by atoms with Crippen molar-refractivity contribution in [1.82, 2.24) is 9.80 Å². The molecule has 0 saturated carbocycles. The highest BCUT2D eigenvalue weighted by atomic mass is 35.5. The van der Waals surface area contributed by atoms with E-state index in [0.29, 0.717) is 16.9 Å². The molecular weight excluding hydrogens is 443 g/mol. The first-order valence-corrected chi connectivity index (χ1v) is 13.7. The Hall–Kier alpha value is -0.580. The van der Waals surface area contributed by atoms with Gasteiger partial charge in [-0.25, -0.2) is 0 Å². The molecule has 1 aromatic heterocycles. The van der Waals surface area contributed by atoms with Crippen LogP contribution in [0, 0.1) is 11.8 Å². The molecule has 0 amide bonds. The van der Waals surface area contributed by atoms with E-state index in [9.17, 15) is 0 Å². The topological polar surface area (TPSA) is 6.48 Å². The van der Waals surface area contributed by atoms with Gasteiger partial charge in [-0.2, -0.15) is 11.3 Å². The van der Waals surface area contributed by atoms with Crippen molar-refractivity contribution in [3.63, 3.8) is 0 Å². The van der Waals surface area contributed by atoms with Crippen LogP contribution in [0.25, 0.3) is 0 Å². The molecule has 31 heavy (non-hydrogen) atoms. The fourth-order valence-corrected chi connectivity index (χ4v) is 6.69. The second-order valence-electron chi connectivity index (χ2n) is 9.59. The van der Waals surface area contributed by atoms with Gasteiger partial charge in [0.1, 0.15) is 0 Å². The minimum Gasteiger partial charge on any atom is -0.303 e. The average molecular weight is 480 g/mol. The van der Waals surface area contributed by atoms with E-state index in [2.05, 4.69) is 39.6 Å². The Labute approximate surface area is 202 Å². The van der Waals surface area contributed by atoms with E-state index >= 15 is 0 Å². The summed E-state index contributed by atoms with van der Waals surface area (Å²) in [7, 11) is 0. The molecule has 170 valence electrons. The third-order valence-corrected chi connectivity index (χ3v) is 8.60. The molecule has 0 unspecified atom stereocenters. The molecule has 5 heteroatoms. The molecule has 2 fully saturated rings. The maximum absolute atomic E-state index is 6.48. The van der Waals surface area contributed by atoms with Crippen molar-refractivity contribution >= 4 is 34.5 Å². The quantitative estimate of drug-likeness (QED) is 0.342. The van der Waals surface area contributed by atoms with Gasteiger partial charge >= 0.3 is 0 Å². The molecule has 2 aliphatic rings. The van der Waals surface area contributed by atoms with Crippen LogP contribution in [0.15, 0.2) is 35.0 Å². The van der Waals surface area contributed by atoms with Crippen LogP contribution >= 0.6 is 34.5 Å². The number of likely N-dealkylation sites (tertiary alicyclic amines) is 2. The predicted octanol–water partition coefficient (Wildman–Crippen LogP) is 7.56. The summed E-state index contributed by atoms with van der Waals surface area (Å²) in [5.74, 6) is 2.28. The molecular formula is C26H36Cl2N2S. The van der Waals surface area contributed by atoms with Gasteiger partial charge in [0.2, 0.25) is 0 Å². The molecule has 0 bridgehead atoms. The number of rotatable bonds is 9. The lowest BCUT2D eigenvalue weighted by Crippen LogP contribution is -2.38. The Balaban J connectivity index is 1.35. The minimum atomic E-state index is 0.625. The van der Waals surface area contributed by atoms with E-state index in [4.69, 9.17) is 23.2 Å². The van der Waals surface area contributed by atoms with Gasteiger partial charge in [-0.15, -0.1) is 0 Å². The number of piperidine rings is 1. The molecule has 3 heterocycles. The molecule has 0 N–H and O–H groups in total. The van der Waals surface area contributed by atoms with Crippen molar-refractivity contribution < 1.29 is 0 Å². The number of thiophene rings is 1. The number of hydrogen-bond donors (Lipinski definition) is 0. The maximum atomic E-state index is 6.48. The van der Waals surface area contributed by atoms with Crippen molar-refractivity contribution in [2.24, 2.45) is 11.8 Å². The van der Waals surface area contributed by atoms with E-state index in [0.717, 1.165) is 30.6 Å². The summed E-state index contributed by atoms with van der Waals surface area (Å²) in [4.78, 5) is 5.35. The monoisotopic (exact) mass is 478 g/mol. The van der Waals surface area contributed by atoms with E-state index in [-0.39, 0.29) is 0 Å². The number of halogens is 2. The van der Waals surface area contributed by atoms with E-state index in [1.165, 1.54) is 69.3 Å². The fraction of sp³-hybridized carbons (Fsp3) is 0.615. The largest absolute Gasteiger partial charge is 0.303 e. The van der Waals surface area contributed by atoms with Gasteiger partial charge in [-0.3, -0.25) is 4.90 Å². The molecule has 2 saturated heterocycles. The summed E-state index contributed by atoms with van der Waals surface area (Å²) in [6.45, 7) is 9.28. The van der Waals surface area contributed by atoms with Crippen LogP contribution < -0.4 is 0 Å². The molecule has 0 radical (unpaired) electrons. The van der Waals surface area contributed by atoms with Crippen LogP contribution in [-0.2, 0) is 6.54 Å². The highest BCUT2D eigenvalue weighted by Gasteiger charge is 2.35. The smallest absolute Gasteiger partial charge is 0.0465 e. The first-order valence-electron chi connectivity index (χ1n) is 12.0. The number of hydrogen-bond acceptors (Lipinski definition) is 3. The summed E-state index contributed by atoms with van der Waals surface area (Å²) in [6.07, 6.45) is 8.39. The van der Waals surface area contributed by atoms with Gasteiger partial charge in [-0.1, -0.05) is 61.9 Å². The van der Waals surface area contributed by atoms with Gasteiger partial charge in [0.05, 0.1) is 0 Å². The summed E-state index contributed by atoms with van der Waals surface area (Å²) in [5.41, 5.74) is 2.71. The molecule has 2 nitrogen and oxygen atoms in total. The number of benzene rings is 1. The van der Waals surface area contributed by atoms with Gasteiger partial charge < -0.3 is 4.90 Å². The van der Waals surface area contributed by atoms with E-state index in [1.54, 1.807) is 0 Å². The Kier molecular flexibility index (Phi) is 8.76. The van der Waals surface area contributed by atoms with E-state index < -0.39 is 0 Å². The minimum absolute atomic E-state index is 0.625. The molecule has 1 aromatic carbocycles. The normalized spacial score (nSPS) is 23.6. The first-order chi connectivity index (χ1) is 15.1. The van der Waals surface area contributed by atoms with Gasteiger partial charge in [0, 0.05) is 42.1 Å². The molecule has 2 aromatic rings. The van der Waals surface area contributed by atoms with Crippen molar-refractivity contribution in [3.05, 3.63) is 56.2 Å². The predicted molar refractivity (Wildman–Crippen MR) is 136 cm³/mol. The molecule has 0 spiro atoms. The highest BCUT2D eigenvalue weighted by Crippen LogP contribution is 2.36. The van der Waals surface area contributed by atoms with Gasteiger partial charge in [0.15, 0.2) is 0 Å². The third kappa shape index (κ3) is 6.48. The second kappa shape index (κ2) is 11.5. The Morgan fingerprint density at radius 1 is 1.03 bits per heavy atom. The van der Waals surface area contributed by atoms with Crippen LogP contribution in [0.3, 0.4) is 0 Å². The zero-order valence-electron chi connectivity index (χ0n) is 18.7. The Morgan fingerprint density at radius 2 is 1.87 bits per heavy atom. The van der Waals surface area contributed by atoms with Crippen LogP contribution in [0.2, 0.25) is 10.0 Å². The Morgan fingerprint density at radius 3 is 2.58 bits per heavy atom. The van der Waals surface area contributed by atoms with Crippen LogP contribution in [0.5, 0.6) is 0 Å². The van der Waals surface area contributed by atoms with Crippen LogP contribution in [-0.4, -0.2) is 42.5 Å². The van der Waals surface area contributed by atoms with E-state index in [1.807, 2.05) is 23.5 Å². The SMILES string of the molecule is CCCCCC1CCN(C[C@H]2CN(Cc3ccc(Cl)cc3Cl)C[C@@H]2c2ccsc2)CC1.